The molecule has 2 atom stereocenters. The monoisotopic (exact) mass is 746 g/mol. The number of thiophene rings is 1. The minimum atomic E-state index is -0.155. The summed E-state index contributed by atoms with van der Waals surface area (Å²) in [6.07, 6.45) is 11.8. The third-order valence-electron chi connectivity index (χ3n) is 10.3. The van der Waals surface area contributed by atoms with Crippen LogP contribution in [0.2, 0.25) is 0 Å². The van der Waals surface area contributed by atoms with Crippen molar-refractivity contribution in [1.82, 2.24) is 8.75 Å². The lowest BCUT2D eigenvalue weighted by Crippen LogP contribution is -2.11. The molecule has 0 fully saturated rings. The van der Waals surface area contributed by atoms with E-state index in [1.165, 1.54) is 56.7 Å². The van der Waals surface area contributed by atoms with E-state index >= 15 is 4.39 Å². The van der Waals surface area contributed by atoms with Gasteiger partial charge in [0.15, 0.2) is 0 Å². The highest BCUT2D eigenvalue weighted by Gasteiger charge is 2.17. The van der Waals surface area contributed by atoms with Crippen LogP contribution in [0.3, 0.4) is 0 Å². The molecule has 0 bridgehead atoms. The molecule has 6 aromatic rings. The van der Waals surface area contributed by atoms with Gasteiger partial charge in [0.25, 0.3) is 0 Å². The Balaban J connectivity index is 1.10. The number of benzene rings is 4. The van der Waals surface area contributed by atoms with E-state index in [-0.39, 0.29) is 5.82 Å². The Bertz CT molecular complexity index is 2070. The third-order valence-corrected chi connectivity index (χ3v) is 12.0. The van der Waals surface area contributed by atoms with E-state index in [4.69, 9.17) is 13.5 Å². The molecule has 2 aromatic heterocycles. The lowest BCUT2D eigenvalue weighted by Gasteiger charge is -2.15. The van der Waals surface area contributed by atoms with Crippen LogP contribution in [0.25, 0.3) is 43.0 Å². The molecule has 53 heavy (non-hydrogen) atoms. The summed E-state index contributed by atoms with van der Waals surface area (Å²) < 4.78 is 30.9. The first-order chi connectivity index (χ1) is 26.0. The molecule has 0 saturated carbocycles. The summed E-state index contributed by atoms with van der Waals surface area (Å²) >= 11 is 2.80. The third kappa shape index (κ3) is 10.0. The number of hydrogen-bond donors (Lipinski definition) is 0. The Morgan fingerprint density at radius 3 is 1.87 bits per heavy atom. The average molecular weight is 747 g/mol. The molecule has 5 nitrogen and oxygen atoms in total. The van der Waals surface area contributed by atoms with Gasteiger partial charge in [0.1, 0.15) is 22.6 Å². The highest BCUT2D eigenvalue weighted by molar-refractivity contribution is 7.19. The van der Waals surface area contributed by atoms with Crippen LogP contribution in [-0.4, -0.2) is 15.4 Å². The van der Waals surface area contributed by atoms with Crippen molar-refractivity contribution in [3.63, 3.8) is 0 Å². The van der Waals surface area contributed by atoms with Crippen LogP contribution in [0.1, 0.15) is 91.0 Å². The molecule has 0 radical (unpaired) electrons. The highest BCUT2D eigenvalue weighted by Crippen LogP contribution is 2.41. The SMILES string of the molecule is CCCCC(CC)CCc1ccc(-c2ccc(-c3ccc(-c4ccc(/N=N/c5ccc(OCC(CC)CCCC)cc5)cc4)c4nsnc34)s2)c(F)c1. The van der Waals surface area contributed by atoms with Crippen molar-refractivity contribution in [2.75, 3.05) is 6.61 Å². The molecule has 0 aliphatic carbocycles. The van der Waals surface area contributed by atoms with Crippen LogP contribution in [0.15, 0.2) is 101 Å². The van der Waals surface area contributed by atoms with Gasteiger partial charge >= 0.3 is 0 Å². The van der Waals surface area contributed by atoms with E-state index in [2.05, 4.69) is 62.2 Å². The van der Waals surface area contributed by atoms with E-state index in [0.717, 1.165) is 86.0 Å². The number of aryl methyl sites for hydroxylation is 1. The van der Waals surface area contributed by atoms with Gasteiger partial charge in [-0.2, -0.15) is 19.0 Å². The van der Waals surface area contributed by atoms with E-state index in [9.17, 15) is 0 Å². The molecule has 0 aliphatic heterocycles. The number of aromatic nitrogens is 2. The van der Waals surface area contributed by atoms with E-state index in [0.29, 0.717) is 17.4 Å². The van der Waals surface area contributed by atoms with Gasteiger partial charge in [-0.1, -0.05) is 109 Å². The fraction of sp³-hybridized carbons (Fsp3) is 0.378. The van der Waals surface area contributed by atoms with Gasteiger partial charge in [-0.25, -0.2) is 4.39 Å². The zero-order chi connectivity index (χ0) is 37.0. The smallest absolute Gasteiger partial charge is 0.132 e. The standard InChI is InChI=1S/C45H51FN4OS2/c1-5-9-11-31(7-3)13-14-33-15-24-39(41(46)29-33)42-27-28-43(52-42)40-26-25-38(44-45(40)50-53-49-44)34-16-18-35(19-17-34)47-48-36-20-22-37(23-21-36)51-30-32(8-4)12-10-6-2/h15-29,31-32H,5-14,30H2,1-4H3/b48-47+. The predicted octanol–water partition coefficient (Wildman–Crippen LogP) is 15.1. The number of halogens is 1. The molecule has 0 aliphatic rings. The van der Waals surface area contributed by atoms with Crippen molar-refractivity contribution in [2.45, 2.75) is 91.9 Å². The number of hydrogen-bond acceptors (Lipinski definition) is 7. The topological polar surface area (TPSA) is 59.7 Å². The lowest BCUT2D eigenvalue weighted by molar-refractivity contribution is 0.233. The van der Waals surface area contributed by atoms with Crippen LogP contribution >= 0.6 is 23.1 Å². The molecule has 2 unspecified atom stereocenters. The van der Waals surface area contributed by atoms with Gasteiger partial charge in [-0.15, -0.1) is 11.3 Å². The molecule has 0 saturated heterocycles. The number of unbranched alkanes of at least 4 members (excludes halogenated alkanes) is 2. The van der Waals surface area contributed by atoms with Gasteiger partial charge < -0.3 is 4.74 Å². The second-order valence-corrected chi connectivity index (χ2v) is 15.6. The number of ether oxygens (including phenoxy) is 1. The van der Waals surface area contributed by atoms with Crippen LogP contribution in [0.4, 0.5) is 15.8 Å². The number of rotatable bonds is 19. The normalized spacial score (nSPS) is 12.8. The Morgan fingerprint density at radius 2 is 1.23 bits per heavy atom. The minimum absolute atomic E-state index is 0.155. The van der Waals surface area contributed by atoms with Crippen LogP contribution in [0, 0.1) is 17.7 Å². The molecular formula is C45H51FN4OS2. The first-order valence-electron chi connectivity index (χ1n) is 19.4. The first kappa shape index (κ1) is 38.5. The van der Waals surface area contributed by atoms with Crippen molar-refractivity contribution < 1.29 is 9.13 Å². The second-order valence-electron chi connectivity index (χ2n) is 14.0. The van der Waals surface area contributed by atoms with Crippen molar-refractivity contribution in [1.29, 1.82) is 0 Å². The molecule has 2 heterocycles. The molecule has 6 rings (SSSR count). The van der Waals surface area contributed by atoms with Crippen LogP contribution < -0.4 is 4.74 Å². The molecule has 0 amide bonds. The van der Waals surface area contributed by atoms with Gasteiger partial charge in [0.2, 0.25) is 0 Å². The minimum Gasteiger partial charge on any atom is -0.493 e. The van der Waals surface area contributed by atoms with Crippen molar-refractivity contribution >= 4 is 45.5 Å². The summed E-state index contributed by atoms with van der Waals surface area (Å²) in [5.41, 5.74) is 8.03. The molecular weight excluding hydrogens is 696 g/mol. The van der Waals surface area contributed by atoms with Crippen LogP contribution in [-0.2, 0) is 6.42 Å². The Morgan fingerprint density at radius 1 is 0.642 bits per heavy atom. The molecule has 276 valence electrons. The van der Waals surface area contributed by atoms with Gasteiger partial charge in [-0.05, 0) is 96.8 Å². The summed E-state index contributed by atoms with van der Waals surface area (Å²) in [4.78, 5) is 1.96. The van der Waals surface area contributed by atoms with Crippen molar-refractivity contribution in [3.8, 4) is 37.8 Å². The maximum absolute atomic E-state index is 15.4. The maximum atomic E-state index is 15.4. The predicted molar refractivity (Wildman–Crippen MR) is 223 cm³/mol. The molecule has 4 aromatic carbocycles. The zero-order valence-corrected chi connectivity index (χ0v) is 33.1. The van der Waals surface area contributed by atoms with Crippen molar-refractivity contribution in [3.05, 3.63) is 102 Å². The van der Waals surface area contributed by atoms with E-state index in [1.807, 2.05) is 60.7 Å². The molecule has 0 spiro atoms. The Hall–Kier alpha value is -4.27. The van der Waals surface area contributed by atoms with Crippen molar-refractivity contribution in [2.24, 2.45) is 22.1 Å². The summed E-state index contributed by atoms with van der Waals surface area (Å²) in [6, 6.07) is 29.9. The zero-order valence-electron chi connectivity index (χ0n) is 31.5. The summed E-state index contributed by atoms with van der Waals surface area (Å²) in [5, 5.41) is 8.91. The number of fused-ring (bicyclic) bond motifs is 1. The molecule has 8 heteroatoms. The Labute approximate surface area is 322 Å². The van der Waals surface area contributed by atoms with Crippen LogP contribution in [0.5, 0.6) is 5.75 Å². The average Bonchev–Trinajstić information content (AvgIpc) is 3.89. The Kier molecular flexibility index (Phi) is 13.9. The number of nitrogens with zero attached hydrogens (tertiary/aromatic N) is 4. The fourth-order valence-electron chi connectivity index (χ4n) is 6.80. The van der Waals surface area contributed by atoms with E-state index in [1.54, 1.807) is 17.4 Å². The maximum Gasteiger partial charge on any atom is 0.132 e. The number of azo groups is 1. The van der Waals surface area contributed by atoms with Gasteiger partial charge in [0.05, 0.1) is 29.7 Å². The van der Waals surface area contributed by atoms with Gasteiger partial charge in [-0.3, -0.25) is 0 Å². The van der Waals surface area contributed by atoms with E-state index < -0.39 is 0 Å². The summed E-state index contributed by atoms with van der Waals surface area (Å²) in [7, 11) is 0. The first-order valence-corrected chi connectivity index (χ1v) is 20.9. The van der Waals surface area contributed by atoms with Gasteiger partial charge in [0, 0.05) is 26.4 Å². The lowest BCUT2D eigenvalue weighted by atomic mass is 9.92. The second kappa shape index (κ2) is 19.2. The quantitative estimate of drug-likeness (QED) is 0.0776. The summed E-state index contributed by atoms with van der Waals surface area (Å²) in [6.45, 7) is 9.72. The fourth-order valence-corrected chi connectivity index (χ4v) is 8.43. The summed E-state index contributed by atoms with van der Waals surface area (Å²) in [5.74, 6) is 2.02. The highest BCUT2D eigenvalue weighted by atomic mass is 32.1. The largest absolute Gasteiger partial charge is 0.493 e. The molecule has 0 N–H and O–H groups in total.